The number of carbonyl (C=O) groups excluding carboxylic acids is 1. The van der Waals surface area contributed by atoms with Crippen molar-refractivity contribution in [2.24, 2.45) is 0 Å². The molecule has 0 radical (unpaired) electrons. The van der Waals surface area contributed by atoms with Gasteiger partial charge in [0.05, 0.1) is 23.6 Å². The zero-order valence-corrected chi connectivity index (χ0v) is 17.1. The van der Waals surface area contributed by atoms with E-state index in [9.17, 15) is 13.2 Å². The first-order valence-electron chi connectivity index (χ1n) is 8.88. The Morgan fingerprint density at radius 3 is 2.63 bits per heavy atom. The van der Waals surface area contributed by atoms with Crippen LogP contribution in [0.4, 0.5) is 0 Å². The summed E-state index contributed by atoms with van der Waals surface area (Å²) in [6.45, 7) is 3.97. The van der Waals surface area contributed by atoms with Crippen LogP contribution in [0.3, 0.4) is 0 Å². The van der Waals surface area contributed by atoms with E-state index in [2.05, 4.69) is 20.4 Å². The molecule has 1 saturated heterocycles. The highest BCUT2D eigenvalue weighted by Gasteiger charge is 2.27. The van der Waals surface area contributed by atoms with Gasteiger partial charge >= 0.3 is 5.97 Å². The fourth-order valence-corrected chi connectivity index (χ4v) is 5.53. The van der Waals surface area contributed by atoms with Gasteiger partial charge in [-0.3, -0.25) is 4.90 Å². The van der Waals surface area contributed by atoms with Gasteiger partial charge in [0.15, 0.2) is 0 Å². The molecule has 0 aliphatic carbocycles. The topological polar surface area (TPSA) is 75.7 Å². The van der Waals surface area contributed by atoms with Crippen LogP contribution in [0.5, 0.6) is 0 Å². The number of thiophene rings is 1. The quantitative estimate of drug-likeness (QED) is 0.713. The highest BCUT2D eigenvalue weighted by Crippen LogP contribution is 2.28. The molecule has 1 atom stereocenters. The molecule has 1 unspecified atom stereocenters. The van der Waals surface area contributed by atoms with Gasteiger partial charge in [0.1, 0.15) is 0 Å². The van der Waals surface area contributed by atoms with Crippen molar-refractivity contribution < 1.29 is 17.9 Å². The molecule has 146 valence electrons. The van der Waals surface area contributed by atoms with E-state index in [0.29, 0.717) is 17.7 Å². The van der Waals surface area contributed by atoms with Crippen LogP contribution in [0.1, 0.15) is 39.7 Å². The monoisotopic (exact) mass is 408 g/mol. The summed E-state index contributed by atoms with van der Waals surface area (Å²) in [6, 6.07) is 8.56. The number of benzene rings is 1. The largest absolute Gasteiger partial charge is 0.465 e. The van der Waals surface area contributed by atoms with Crippen LogP contribution in [0.2, 0.25) is 0 Å². The predicted molar refractivity (Wildman–Crippen MR) is 106 cm³/mol. The molecule has 2 heterocycles. The Bertz CT molecular complexity index is 888. The Balaban J connectivity index is 1.78. The first-order valence-corrected chi connectivity index (χ1v) is 11.2. The first kappa shape index (κ1) is 20.0. The van der Waals surface area contributed by atoms with Crippen molar-refractivity contribution >= 4 is 27.3 Å². The maximum Gasteiger partial charge on any atom is 0.337 e. The normalized spacial score (nSPS) is 16.4. The van der Waals surface area contributed by atoms with Gasteiger partial charge < -0.3 is 4.74 Å². The molecule has 0 spiro atoms. The summed E-state index contributed by atoms with van der Waals surface area (Å²) < 4.78 is 33.2. The Morgan fingerprint density at radius 1 is 1.30 bits per heavy atom. The van der Waals surface area contributed by atoms with Crippen LogP contribution >= 0.6 is 11.3 Å². The zero-order chi connectivity index (χ0) is 19.4. The summed E-state index contributed by atoms with van der Waals surface area (Å²) >= 11 is 1.65. The number of ether oxygens (including phenoxy) is 1. The molecule has 1 aliphatic rings. The average molecular weight is 409 g/mol. The molecule has 0 saturated carbocycles. The molecule has 3 rings (SSSR count). The number of hydrogen-bond acceptors (Lipinski definition) is 6. The van der Waals surface area contributed by atoms with Crippen LogP contribution < -0.4 is 4.72 Å². The van der Waals surface area contributed by atoms with Crippen molar-refractivity contribution in [3.63, 3.8) is 0 Å². The number of methoxy groups -OCH3 is 1. The number of carbonyl (C=O) groups is 1. The van der Waals surface area contributed by atoms with E-state index in [0.717, 1.165) is 30.8 Å². The second-order valence-corrected chi connectivity index (χ2v) is 9.31. The lowest BCUT2D eigenvalue weighted by molar-refractivity contribution is 0.0600. The van der Waals surface area contributed by atoms with E-state index in [1.807, 2.05) is 11.4 Å². The number of aryl methyl sites for hydroxylation is 1. The van der Waals surface area contributed by atoms with Crippen molar-refractivity contribution in [1.82, 2.24) is 9.62 Å². The van der Waals surface area contributed by atoms with Crippen molar-refractivity contribution in [2.45, 2.75) is 30.7 Å². The number of hydrogen-bond donors (Lipinski definition) is 1. The number of nitrogens with one attached hydrogen (secondary N) is 1. The summed E-state index contributed by atoms with van der Waals surface area (Å²) in [6.07, 6.45) is 2.28. The average Bonchev–Trinajstić information content (AvgIpc) is 3.35. The van der Waals surface area contributed by atoms with Gasteiger partial charge in [0.25, 0.3) is 0 Å². The molecule has 1 aromatic heterocycles. The van der Waals surface area contributed by atoms with Gasteiger partial charge in [-0.05, 0) is 68.1 Å². The van der Waals surface area contributed by atoms with Crippen LogP contribution in [-0.2, 0) is 14.8 Å². The molecule has 6 nitrogen and oxygen atoms in total. The minimum absolute atomic E-state index is 0.0388. The number of likely N-dealkylation sites (tertiary alicyclic amines) is 1. The Kier molecular flexibility index (Phi) is 6.31. The van der Waals surface area contributed by atoms with Crippen LogP contribution in [0.25, 0.3) is 0 Å². The van der Waals surface area contributed by atoms with E-state index in [-0.39, 0.29) is 10.9 Å². The van der Waals surface area contributed by atoms with Gasteiger partial charge in [-0.2, -0.15) is 0 Å². The summed E-state index contributed by atoms with van der Waals surface area (Å²) in [5.74, 6) is -0.484. The maximum atomic E-state index is 12.9. The van der Waals surface area contributed by atoms with Crippen molar-refractivity contribution in [3.8, 4) is 0 Å². The smallest absolute Gasteiger partial charge is 0.337 e. The molecular formula is C19H24N2O4S2. The Morgan fingerprint density at radius 2 is 2.04 bits per heavy atom. The standard InChI is InChI=1S/C19H24N2O4S2/c1-14-12-15(19(22)25-2)7-8-18(14)27(23,24)20-13-16(17-6-5-11-26-17)21-9-3-4-10-21/h5-8,11-12,16,20H,3-4,9-10,13H2,1-2H3. The molecular weight excluding hydrogens is 384 g/mol. The number of esters is 1. The summed E-state index contributed by atoms with van der Waals surface area (Å²) in [7, 11) is -2.38. The van der Waals surface area contributed by atoms with E-state index in [4.69, 9.17) is 0 Å². The van der Waals surface area contributed by atoms with Crippen molar-refractivity contribution in [1.29, 1.82) is 0 Å². The lowest BCUT2D eigenvalue weighted by Gasteiger charge is -2.27. The number of nitrogens with zero attached hydrogens (tertiary/aromatic N) is 1. The van der Waals surface area contributed by atoms with E-state index in [1.165, 1.54) is 25.3 Å². The predicted octanol–water partition coefficient (Wildman–Crippen LogP) is 2.96. The number of sulfonamides is 1. The number of rotatable bonds is 7. The summed E-state index contributed by atoms with van der Waals surface area (Å²) in [4.78, 5) is 15.3. The van der Waals surface area contributed by atoms with E-state index >= 15 is 0 Å². The molecule has 1 aromatic carbocycles. The van der Waals surface area contributed by atoms with E-state index in [1.54, 1.807) is 18.3 Å². The van der Waals surface area contributed by atoms with Gasteiger partial charge in [-0.1, -0.05) is 6.07 Å². The lowest BCUT2D eigenvalue weighted by Crippen LogP contribution is -2.36. The van der Waals surface area contributed by atoms with Crippen LogP contribution in [0.15, 0.2) is 40.6 Å². The molecule has 1 N–H and O–H groups in total. The third-order valence-electron chi connectivity index (χ3n) is 4.81. The van der Waals surface area contributed by atoms with Crippen LogP contribution in [-0.4, -0.2) is 46.0 Å². The minimum Gasteiger partial charge on any atom is -0.465 e. The lowest BCUT2D eigenvalue weighted by atomic mass is 10.1. The second kappa shape index (κ2) is 8.52. The molecule has 1 aliphatic heterocycles. The molecule has 0 amide bonds. The van der Waals surface area contributed by atoms with Crippen molar-refractivity contribution in [2.75, 3.05) is 26.7 Å². The van der Waals surface area contributed by atoms with Gasteiger partial charge in [0, 0.05) is 11.4 Å². The fraction of sp³-hybridized carbons (Fsp3) is 0.421. The third-order valence-corrected chi connectivity index (χ3v) is 7.36. The van der Waals surface area contributed by atoms with Gasteiger partial charge in [-0.25, -0.2) is 17.9 Å². The summed E-state index contributed by atoms with van der Waals surface area (Å²) in [5.41, 5.74) is 0.849. The molecule has 8 heteroatoms. The molecule has 0 bridgehead atoms. The zero-order valence-electron chi connectivity index (χ0n) is 15.5. The molecule has 1 fully saturated rings. The Labute approximate surface area is 164 Å². The highest BCUT2D eigenvalue weighted by atomic mass is 32.2. The van der Waals surface area contributed by atoms with Crippen molar-refractivity contribution in [3.05, 3.63) is 51.7 Å². The van der Waals surface area contributed by atoms with Crippen LogP contribution in [0, 0.1) is 6.92 Å². The Hall–Kier alpha value is -1.74. The molecule has 27 heavy (non-hydrogen) atoms. The second-order valence-electron chi connectivity index (χ2n) is 6.60. The van der Waals surface area contributed by atoms with Gasteiger partial charge in [-0.15, -0.1) is 11.3 Å². The highest BCUT2D eigenvalue weighted by molar-refractivity contribution is 7.89. The summed E-state index contributed by atoms with van der Waals surface area (Å²) in [5, 5.41) is 2.02. The molecule has 2 aromatic rings. The van der Waals surface area contributed by atoms with E-state index < -0.39 is 16.0 Å². The van der Waals surface area contributed by atoms with Gasteiger partial charge in [0.2, 0.25) is 10.0 Å². The maximum absolute atomic E-state index is 12.9. The SMILES string of the molecule is COC(=O)c1ccc(S(=O)(=O)NCC(c2cccs2)N2CCCC2)c(C)c1. The minimum atomic E-state index is -3.68. The fourth-order valence-electron chi connectivity index (χ4n) is 3.41. The first-order chi connectivity index (χ1) is 12.9. The third kappa shape index (κ3) is 4.57.